The minimum absolute atomic E-state index is 0.101. The summed E-state index contributed by atoms with van der Waals surface area (Å²) in [6, 6.07) is 22.7. The summed E-state index contributed by atoms with van der Waals surface area (Å²) in [7, 11) is 0. The zero-order chi connectivity index (χ0) is 27.8. The van der Waals surface area contributed by atoms with E-state index in [0.29, 0.717) is 17.9 Å². The summed E-state index contributed by atoms with van der Waals surface area (Å²) < 4.78 is 1.84. The molecule has 5 aromatic rings. The lowest BCUT2D eigenvalue weighted by molar-refractivity contribution is 0.200. The lowest BCUT2D eigenvalue weighted by Crippen LogP contribution is -2.49. The molecular weight excluding hydrogens is 498 g/mol. The van der Waals surface area contributed by atoms with Gasteiger partial charge in [0.15, 0.2) is 5.82 Å². The molecule has 0 bridgehead atoms. The molecule has 204 valence electrons. The van der Waals surface area contributed by atoms with Crippen LogP contribution in [0.2, 0.25) is 0 Å². The van der Waals surface area contributed by atoms with Crippen molar-refractivity contribution in [1.82, 2.24) is 30.1 Å². The van der Waals surface area contributed by atoms with Gasteiger partial charge in [-0.25, -0.2) is 4.68 Å². The molecule has 1 aliphatic heterocycles. The number of anilines is 1. The summed E-state index contributed by atoms with van der Waals surface area (Å²) in [4.78, 5) is 21.7. The predicted octanol–water partition coefficient (Wildman–Crippen LogP) is 4.71. The Hall–Kier alpha value is -4.30. The number of nitrogens with one attached hydrogen (secondary N) is 1. The summed E-state index contributed by atoms with van der Waals surface area (Å²) >= 11 is 0. The van der Waals surface area contributed by atoms with E-state index in [1.165, 1.54) is 16.8 Å². The van der Waals surface area contributed by atoms with Gasteiger partial charge in [0.25, 0.3) is 5.56 Å². The number of aryl methyl sites for hydroxylation is 4. The molecule has 1 N–H and O–H groups in total. The summed E-state index contributed by atoms with van der Waals surface area (Å²) in [5, 5.41) is 14.0. The zero-order valence-electron chi connectivity index (χ0n) is 23.6. The number of nitrogens with zero attached hydrogens (tertiary/aromatic N) is 6. The van der Waals surface area contributed by atoms with Crippen molar-refractivity contribution in [3.63, 3.8) is 0 Å². The molecule has 3 aromatic carbocycles. The first-order valence-corrected chi connectivity index (χ1v) is 13.9. The fraction of sp³-hybridized carbons (Fsp3) is 0.312. The average Bonchev–Trinajstić information content (AvgIpc) is 3.39. The first-order chi connectivity index (χ1) is 19.4. The number of hydrogen-bond acceptors (Lipinski definition) is 6. The normalized spacial score (nSPS) is 15.1. The number of fused-ring (bicyclic) bond motifs is 1. The summed E-state index contributed by atoms with van der Waals surface area (Å²) in [5.41, 5.74) is 8.59. The van der Waals surface area contributed by atoms with Crippen LogP contribution in [-0.4, -0.2) is 56.3 Å². The number of pyridine rings is 1. The Morgan fingerprint density at radius 2 is 1.62 bits per heavy atom. The Morgan fingerprint density at radius 1 is 0.850 bits per heavy atom. The molecular formula is C32H35N7O. The van der Waals surface area contributed by atoms with Crippen LogP contribution in [0.1, 0.15) is 45.2 Å². The van der Waals surface area contributed by atoms with Crippen molar-refractivity contribution in [2.75, 3.05) is 31.1 Å². The van der Waals surface area contributed by atoms with Gasteiger partial charge in [0.1, 0.15) is 6.04 Å². The minimum Gasteiger partial charge on any atom is -0.369 e. The van der Waals surface area contributed by atoms with E-state index in [1.807, 2.05) is 35.9 Å². The van der Waals surface area contributed by atoms with Gasteiger partial charge in [0, 0.05) is 37.4 Å². The first-order valence-electron chi connectivity index (χ1n) is 13.9. The summed E-state index contributed by atoms with van der Waals surface area (Å²) in [6.45, 7) is 12.2. The standard InChI is InChI=1S/C32H35N7O/c1-21-10-11-23(3)28(18-21)37-12-14-38(15-13-37)30(31-34-35-36-39(31)20-25-8-6-5-7-9-25)27-19-26-17-22(2)16-24(4)29(26)33-32(27)40/h5-11,16-19,30H,12-15,20H2,1-4H3,(H,33,40). The van der Waals surface area contributed by atoms with E-state index in [9.17, 15) is 4.79 Å². The first kappa shape index (κ1) is 26.0. The second kappa shape index (κ2) is 10.7. The highest BCUT2D eigenvalue weighted by Gasteiger charge is 2.33. The number of benzene rings is 3. The van der Waals surface area contributed by atoms with Crippen LogP contribution in [0.15, 0.2) is 71.5 Å². The fourth-order valence-corrected chi connectivity index (χ4v) is 5.96. The molecule has 2 aromatic heterocycles. The number of tetrazole rings is 1. The van der Waals surface area contributed by atoms with Crippen LogP contribution in [0, 0.1) is 27.7 Å². The predicted molar refractivity (Wildman–Crippen MR) is 159 cm³/mol. The SMILES string of the molecule is Cc1ccc(C)c(N2CCN(C(c3cc4cc(C)cc(C)c4[nH]c3=O)c3nnnn3Cc3ccccc3)CC2)c1. The highest BCUT2D eigenvalue weighted by atomic mass is 16.1. The largest absolute Gasteiger partial charge is 0.369 e. The molecule has 0 radical (unpaired) electrons. The molecule has 0 spiro atoms. The van der Waals surface area contributed by atoms with Gasteiger partial charge in [-0.15, -0.1) is 5.10 Å². The maximum absolute atomic E-state index is 13.7. The van der Waals surface area contributed by atoms with Gasteiger partial charge in [-0.3, -0.25) is 9.69 Å². The van der Waals surface area contributed by atoms with Crippen molar-refractivity contribution < 1.29 is 0 Å². The molecule has 1 atom stereocenters. The van der Waals surface area contributed by atoms with Gasteiger partial charge >= 0.3 is 0 Å². The third-order valence-electron chi connectivity index (χ3n) is 7.98. The maximum atomic E-state index is 13.7. The van der Waals surface area contributed by atoms with Crippen LogP contribution in [0.3, 0.4) is 0 Å². The molecule has 0 amide bonds. The molecule has 40 heavy (non-hydrogen) atoms. The molecule has 0 aliphatic carbocycles. The molecule has 8 nitrogen and oxygen atoms in total. The maximum Gasteiger partial charge on any atom is 0.253 e. The quantitative estimate of drug-likeness (QED) is 0.341. The second-order valence-corrected chi connectivity index (χ2v) is 11.0. The lowest BCUT2D eigenvalue weighted by atomic mass is 10.00. The van der Waals surface area contributed by atoms with Crippen molar-refractivity contribution in [2.45, 2.75) is 40.3 Å². The van der Waals surface area contributed by atoms with E-state index in [1.54, 1.807) is 0 Å². The highest BCUT2D eigenvalue weighted by Crippen LogP contribution is 2.31. The van der Waals surface area contributed by atoms with Crippen LogP contribution >= 0.6 is 0 Å². The van der Waals surface area contributed by atoms with E-state index in [4.69, 9.17) is 0 Å². The number of H-pyrrole nitrogens is 1. The minimum atomic E-state index is -0.381. The Bertz CT molecular complexity index is 1720. The molecule has 0 saturated carbocycles. The third-order valence-corrected chi connectivity index (χ3v) is 7.98. The third kappa shape index (κ3) is 5.02. The number of aromatic nitrogens is 5. The Labute approximate surface area is 234 Å². The summed E-state index contributed by atoms with van der Waals surface area (Å²) in [6.07, 6.45) is 0. The van der Waals surface area contributed by atoms with Gasteiger partial charge in [-0.05, 0) is 84.0 Å². The Kier molecular flexibility index (Phi) is 6.94. The zero-order valence-corrected chi connectivity index (χ0v) is 23.6. The van der Waals surface area contributed by atoms with E-state index in [2.05, 4.69) is 93.5 Å². The molecule has 1 saturated heterocycles. The number of rotatable bonds is 6. The highest BCUT2D eigenvalue weighted by molar-refractivity contribution is 5.83. The van der Waals surface area contributed by atoms with Crippen molar-refractivity contribution >= 4 is 16.6 Å². The van der Waals surface area contributed by atoms with E-state index >= 15 is 0 Å². The van der Waals surface area contributed by atoms with Crippen molar-refractivity contribution in [2.24, 2.45) is 0 Å². The number of hydrogen-bond donors (Lipinski definition) is 1. The van der Waals surface area contributed by atoms with E-state index < -0.39 is 0 Å². The van der Waals surface area contributed by atoms with Gasteiger partial charge in [-0.1, -0.05) is 54.1 Å². The molecule has 1 aliphatic rings. The Morgan fingerprint density at radius 3 is 2.40 bits per heavy atom. The molecule has 6 rings (SSSR count). The smallest absolute Gasteiger partial charge is 0.253 e. The number of aromatic amines is 1. The molecule has 3 heterocycles. The van der Waals surface area contributed by atoms with Crippen molar-refractivity contribution in [3.05, 3.63) is 116 Å². The summed E-state index contributed by atoms with van der Waals surface area (Å²) in [5.74, 6) is 0.679. The van der Waals surface area contributed by atoms with Crippen LogP contribution in [-0.2, 0) is 6.54 Å². The molecule has 1 unspecified atom stereocenters. The van der Waals surface area contributed by atoms with Crippen LogP contribution in [0.4, 0.5) is 5.69 Å². The van der Waals surface area contributed by atoms with Gasteiger partial charge < -0.3 is 9.88 Å². The van der Waals surface area contributed by atoms with Gasteiger partial charge in [-0.2, -0.15) is 0 Å². The van der Waals surface area contributed by atoms with Gasteiger partial charge in [0.05, 0.1) is 12.1 Å². The molecule has 1 fully saturated rings. The fourth-order valence-electron chi connectivity index (χ4n) is 5.96. The molecule has 8 heteroatoms. The van der Waals surface area contributed by atoms with Crippen LogP contribution < -0.4 is 10.5 Å². The van der Waals surface area contributed by atoms with Crippen molar-refractivity contribution in [1.29, 1.82) is 0 Å². The van der Waals surface area contributed by atoms with E-state index in [-0.39, 0.29) is 11.6 Å². The van der Waals surface area contributed by atoms with E-state index in [0.717, 1.165) is 53.8 Å². The number of piperazine rings is 1. The monoisotopic (exact) mass is 533 g/mol. The van der Waals surface area contributed by atoms with Crippen molar-refractivity contribution in [3.8, 4) is 0 Å². The Balaban J connectivity index is 1.41. The van der Waals surface area contributed by atoms with Gasteiger partial charge in [0.2, 0.25) is 0 Å². The average molecular weight is 534 g/mol. The van der Waals surface area contributed by atoms with Crippen LogP contribution in [0.5, 0.6) is 0 Å². The lowest BCUT2D eigenvalue weighted by Gasteiger charge is -2.40. The van der Waals surface area contributed by atoms with Crippen LogP contribution in [0.25, 0.3) is 10.9 Å². The second-order valence-electron chi connectivity index (χ2n) is 11.0. The topological polar surface area (TPSA) is 82.9 Å².